The number of esters is 1. The first-order valence-corrected chi connectivity index (χ1v) is 8.83. The van der Waals surface area contributed by atoms with Crippen molar-refractivity contribution in [3.8, 4) is 0 Å². The summed E-state index contributed by atoms with van der Waals surface area (Å²) in [5.41, 5.74) is 0.608. The maximum Gasteiger partial charge on any atom is 0.338 e. The third kappa shape index (κ3) is 2.02. The zero-order valence-corrected chi connectivity index (χ0v) is 13.9. The van der Waals surface area contributed by atoms with Gasteiger partial charge >= 0.3 is 5.97 Å². The van der Waals surface area contributed by atoms with Gasteiger partial charge in [-0.15, -0.1) is 0 Å². The molecule has 0 aromatic heterocycles. The molecular formula is C20H22O4. The van der Waals surface area contributed by atoms with Gasteiger partial charge in [-0.3, -0.25) is 0 Å². The van der Waals surface area contributed by atoms with Gasteiger partial charge in [-0.05, 0) is 56.2 Å². The number of fused-ring (bicyclic) bond motifs is 8. The fourth-order valence-electron chi connectivity index (χ4n) is 5.37. The molecule has 126 valence electrons. The number of hydrogen-bond donors (Lipinski definition) is 0. The first-order valence-electron chi connectivity index (χ1n) is 8.83. The highest BCUT2D eigenvalue weighted by Gasteiger charge is 2.66. The largest absolute Gasteiger partial charge is 0.454 e. The average molecular weight is 326 g/mol. The van der Waals surface area contributed by atoms with Gasteiger partial charge in [0.05, 0.1) is 17.8 Å². The Labute approximate surface area is 141 Å². The zero-order chi connectivity index (χ0) is 16.5. The number of benzene rings is 1. The molecule has 3 aliphatic carbocycles. The van der Waals surface area contributed by atoms with E-state index in [0.29, 0.717) is 29.2 Å². The molecule has 24 heavy (non-hydrogen) atoms. The highest BCUT2D eigenvalue weighted by atomic mass is 16.8. The van der Waals surface area contributed by atoms with Crippen LogP contribution in [0.5, 0.6) is 0 Å². The van der Waals surface area contributed by atoms with E-state index in [-0.39, 0.29) is 24.3 Å². The van der Waals surface area contributed by atoms with Crippen molar-refractivity contribution in [2.75, 3.05) is 0 Å². The molecule has 4 aliphatic rings. The molecule has 1 aliphatic heterocycles. The van der Waals surface area contributed by atoms with Crippen molar-refractivity contribution in [1.29, 1.82) is 0 Å². The van der Waals surface area contributed by atoms with E-state index >= 15 is 0 Å². The Morgan fingerprint density at radius 1 is 1.08 bits per heavy atom. The van der Waals surface area contributed by atoms with Crippen molar-refractivity contribution < 1.29 is 19.0 Å². The molecule has 3 fully saturated rings. The Kier molecular flexibility index (Phi) is 3.01. The number of carbonyl (C=O) groups is 1. The lowest BCUT2D eigenvalue weighted by atomic mass is 9.77. The van der Waals surface area contributed by atoms with Crippen molar-refractivity contribution in [3.63, 3.8) is 0 Å². The molecule has 4 heteroatoms. The summed E-state index contributed by atoms with van der Waals surface area (Å²) < 4.78 is 18.1. The maximum atomic E-state index is 12.4. The summed E-state index contributed by atoms with van der Waals surface area (Å²) >= 11 is 0. The summed E-state index contributed by atoms with van der Waals surface area (Å²) in [6.45, 7) is 3.98. The Balaban J connectivity index is 1.35. The van der Waals surface area contributed by atoms with E-state index in [2.05, 4.69) is 12.2 Å². The van der Waals surface area contributed by atoms with Crippen LogP contribution in [0.2, 0.25) is 0 Å². The SMILES string of the molecule is CC1(C)O[C@@H]2[C@@H]3C[C@@H]([C@@H]4C=C[C@@H](OC(=O)c5ccccc5)[C@@H]43)[C@@H]2O1. The molecule has 0 N–H and O–H groups in total. The average Bonchev–Trinajstić information content (AvgIpc) is 3.26. The van der Waals surface area contributed by atoms with Gasteiger partial charge in [0.2, 0.25) is 0 Å². The minimum Gasteiger partial charge on any atom is -0.454 e. The van der Waals surface area contributed by atoms with Crippen LogP contribution in [0.4, 0.5) is 0 Å². The lowest BCUT2D eigenvalue weighted by molar-refractivity contribution is -0.158. The minimum atomic E-state index is -0.495. The normalized spacial score (nSPS) is 43.7. The second-order valence-corrected chi connectivity index (χ2v) is 7.90. The quantitative estimate of drug-likeness (QED) is 0.618. The van der Waals surface area contributed by atoms with E-state index in [1.807, 2.05) is 32.0 Å². The van der Waals surface area contributed by atoms with Crippen LogP contribution >= 0.6 is 0 Å². The second kappa shape index (κ2) is 4.93. The van der Waals surface area contributed by atoms with Gasteiger partial charge in [0.25, 0.3) is 0 Å². The van der Waals surface area contributed by atoms with Crippen molar-refractivity contribution in [1.82, 2.24) is 0 Å². The van der Waals surface area contributed by atoms with Crippen LogP contribution in [0.3, 0.4) is 0 Å². The molecule has 4 nitrogen and oxygen atoms in total. The highest BCUT2D eigenvalue weighted by Crippen LogP contribution is 2.61. The number of allylic oxidation sites excluding steroid dienone is 1. The van der Waals surface area contributed by atoms with Crippen LogP contribution in [0.15, 0.2) is 42.5 Å². The molecule has 1 heterocycles. The van der Waals surface area contributed by atoms with E-state index < -0.39 is 5.79 Å². The van der Waals surface area contributed by atoms with Crippen molar-refractivity contribution >= 4 is 5.97 Å². The first-order chi connectivity index (χ1) is 11.5. The van der Waals surface area contributed by atoms with Crippen molar-refractivity contribution in [3.05, 3.63) is 48.0 Å². The summed E-state index contributed by atoms with van der Waals surface area (Å²) in [7, 11) is 0. The molecular weight excluding hydrogens is 304 g/mol. The summed E-state index contributed by atoms with van der Waals surface area (Å²) in [6.07, 6.45) is 5.62. The van der Waals surface area contributed by atoms with Crippen LogP contribution in [0, 0.1) is 23.7 Å². The van der Waals surface area contributed by atoms with Crippen LogP contribution in [-0.2, 0) is 14.2 Å². The Morgan fingerprint density at radius 3 is 2.54 bits per heavy atom. The van der Waals surface area contributed by atoms with Gasteiger partial charge in [-0.2, -0.15) is 0 Å². The van der Waals surface area contributed by atoms with Crippen LogP contribution in [0.25, 0.3) is 0 Å². The molecule has 1 saturated heterocycles. The van der Waals surface area contributed by atoms with E-state index in [4.69, 9.17) is 14.2 Å². The van der Waals surface area contributed by atoms with E-state index in [0.717, 1.165) is 6.42 Å². The van der Waals surface area contributed by atoms with E-state index in [1.165, 1.54) is 0 Å². The second-order valence-electron chi connectivity index (χ2n) is 7.90. The number of rotatable bonds is 2. The number of carbonyl (C=O) groups excluding carboxylic acids is 1. The fourth-order valence-corrected chi connectivity index (χ4v) is 5.37. The highest BCUT2D eigenvalue weighted by molar-refractivity contribution is 5.89. The molecule has 1 aromatic rings. The van der Waals surface area contributed by atoms with E-state index in [9.17, 15) is 4.79 Å². The molecule has 0 spiro atoms. The Hall–Kier alpha value is -1.65. The molecule has 2 bridgehead atoms. The molecule has 1 aromatic carbocycles. The van der Waals surface area contributed by atoms with Gasteiger partial charge in [0.1, 0.15) is 6.10 Å². The zero-order valence-electron chi connectivity index (χ0n) is 13.9. The standard InChI is InChI=1S/C20H22O4/c1-20(2)23-17-13-10-14(18(17)24-20)16-12(13)8-9-15(16)22-19(21)11-6-4-3-5-7-11/h3-9,12-18H,10H2,1-2H3/t12-,13-,14+,15+,16-,17-,18+/m0/s1. The predicted molar refractivity (Wildman–Crippen MR) is 87.2 cm³/mol. The van der Waals surface area contributed by atoms with Crippen LogP contribution in [0.1, 0.15) is 30.6 Å². The van der Waals surface area contributed by atoms with Crippen molar-refractivity contribution in [2.45, 2.75) is 44.4 Å². The third-order valence-corrected chi connectivity index (χ3v) is 6.14. The summed E-state index contributed by atoms with van der Waals surface area (Å²) in [4.78, 5) is 12.4. The van der Waals surface area contributed by atoms with Crippen LogP contribution in [-0.4, -0.2) is 30.1 Å². The maximum absolute atomic E-state index is 12.4. The van der Waals surface area contributed by atoms with Gasteiger partial charge in [-0.25, -0.2) is 4.79 Å². The molecule has 5 rings (SSSR count). The topological polar surface area (TPSA) is 44.8 Å². The fraction of sp³-hybridized carbons (Fsp3) is 0.550. The predicted octanol–water partition coefficient (Wildman–Crippen LogP) is 3.18. The van der Waals surface area contributed by atoms with Gasteiger partial charge in [0.15, 0.2) is 5.79 Å². The smallest absolute Gasteiger partial charge is 0.338 e. The minimum absolute atomic E-state index is 0.143. The number of hydrogen-bond acceptors (Lipinski definition) is 4. The molecule has 0 radical (unpaired) electrons. The first kappa shape index (κ1) is 14.7. The van der Waals surface area contributed by atoms with Gasteiger partial charge in [0, 0.05) is 5.92 Å². The van der Waals surface area contributed by atoms with E-state index in [1.54, 1.807) is 12.1 Å². The number of ether oxygens (including phenoxy) is 3. The summed E-state index contributed by atoms with van der Waals surface area (Å²) in [5.74, 6) is 0.946. The molecule has 2 saturated carbocycles. The third-order valence-electron chi connectivity index (χ3n) is 6.14. The lowest BCUT2D eigenvalue weighted by Gasteiger charge is -2.34. The van der Waals surface area contributed by atoms with Crippen molar-refractivity contribution in [2.24, 2.45) is 23.7 Å². The summed E-state index contributed by atoms with van der Waals surface area (Å²) in [5, 5.41) is 0. The lowest BCUT2D eigenvalue weighted by Crippen LogP contribution is -2.42. The van der Waals surface area contributed by atoms with Crippen LogP contribution < -0.4 is 0 Å². The van der Waals surface area contributed by atoms with Gasteiger partial charge in [-0.1, -0.05) is 24.3 Å². The van der Waals surface area contributed by atoms with Gasteiger partial charge < -0.3 is 14.2 Å². The molecule has 0 amide bonds. The Morgan fingerprint density at radius 2 is 1.79 bits per heavy atom. The Bertz CT molecular complexity index is 695. The monoisotopic (exact) mass is 326 g/mol. The molecule has 7 atom stereocenters. The summed E-state index contributed by atoms with van der Waals surface area (Å²) in [6, 6.07) is 9.21. The molecule has 0 unspecified atom stereocenters.